The van der Waals surface area contributed by atoms with Crippen LogP contribution in [0.25, 0.3) is 0 Å². The molecule has 6 nitrogen and oxygen atoms in total. The largest absolute Gasteiger partial charge is 0.271 e. The second kappa shape index (κ2) is 6.62. The summed E-state index contributed by atoms with van der Waals surface area (Å²) in [7, 11) is 0. The number of amides is 1. The number of nitro groups is 1. The molecule has 6 heteroatoms. The van der Waals surface area contributed by atoms with Crippen molar-refractivity contribution in [3.05, 3.63) is 75.3 Å². The number of nitrogens with one attached hydrogen (secondary N) is 1. The second-order valence-corrected chi connectivity index (χ2v) is 4.81. The van der Waals surface area contributed by atoms with Gasteiger partial charge in [0.25, 0.3) is 11.6 Å². The lowest BCUT2D eigenvalue weighted by Gasteiger charge is -2.03. The molecule has 0 spiro atoms. The average molecular weight is 297 g/mol. The normalized spacial score (nSPS) is 11.1. The molecular formula is C16H15N3O3. The molecule has 112 valence electrons. The van der Waals surface area contributed by atoms with Crippen LogP contribution in [0.4, 0.5) is 5.69 Å². The van der Waals surface area contributed by atoms with E-state index < -0.39 is 10.8 Å². The van der Waals surface area contributed by atoms with Gasteiger partial charge in [-0.3, -0.25) is 14.9 Å². The number of nitrogens with zero attached hydrogens (tertiary/aromatic N) is 2. The van der Waals surface area contributed by atoms with Gasteiger partial charge in [0.1, 0.15) is 0 Å². The van der Waals surface area contributed by atoms with E-state index in [1.54, 1.807) is 6.92 Å². The summed E-state index contributed by atoms with van der Waals surface area (Å²) in [6.45, 7) is 3.79. The Hall–Kier alpha value is -3.02. The Balaban J connectivity index is 2.06. The monoisotopic (exact) mass is 297 g/mol. The van der Waals surface area contributed by atoms with E-state index in [4.69, 9.17) is 0 Å². The molecule has 0 bridgehead atoms. The Kier molecular flexibility index (Phi) is 4.63. The topological polar surface area (TPSA) is 84.6 Å². The average Bonchev–Trinajstić information content (AvgIpc) is 2.53. The Labute approximate surface area is 127 Å². The number of hydrogen-bond donors (Lipinski definition) is 1. The van der Waals surface area contributed by atoms with Gasteiger partial charge < -0.3 is 0 Å². The van der Waals surface area contributed by atoms with Gasteiger partial charge in [0.15, 0.2) is 0 Å². The number of non-ortho nitro benzene ring substituents is 1. The molecule has 0 aliphatic rings. The third kappa shape index (κ3) is 3.76. The molecule has 2 aromatic carbocycles. The van der Waals surface area contributed by atoms with E-state index in [2.05, 4.69) is 10.5 Å². The zero-order valence-electron chi connectivity index (χ0n) is 12.2. The number of hydrogen-bond acceptors (Lipinski definition) is 4. The van der Waals surface area contributed by atoms with Crippen molar-refractivity contribution in [2.75, 3.05) is 0 Å². The lowest BCUT2D eigenvalue weighted by atomic mass is 10.1. The Morgan fingerprint density at radius 3 is 2.14 bits per heavy atom. The van der Waals surface area contributed by atoms with Gasteiger partial charge in [-0.2, -0.15) is 5.10 Å². The maximum Gasteiger partial charge on any atom is 0.271 e. The third-order valence-corrected chi connectivity index (χ3v) is 3.13. The number of carbonyl (C=O) groups is 1. The van der Waals surface area contributed by atoms with Crippen molar-refractivity contribution in [2.24, 2.45) is 5.10 Å². The molecular weight excluding hydrogens is 282 g/mol. The first kappa shape index (κ1) is 15.4. The lowest BCUT2D eigenvalue weighted by Crippen LogP contribution is -2.19. The van der Waals surface area contributed by atoms with Crippen molar-refractivity contribution in [2.45, 2.75) is 13.8 Å². The summed E-state index contributed by atoms with van der Waals surface area (Å²) >= 11 is 0. The predicted octanol–water partition coefficient (Wildman–Crippen LogP) is 3.06. The fourth-order valence-corrected chi connectivity index (χ4v) is 1.79. The van der Waals surface area contributed by atoms with Gasteiger partial charge in [0.05, 0.1) is 10.6 Å². The third-order valence-electron chi connectivity index (χ3n) is 3.13. The molecule has 0 aromatic heterocycles. The minimum Gasteiger partial charge on any atom is -0.267 e. The van der Waals surface area contributed by atoms with Gasteiger partial charge in [-0.25, -0.2) is 5.43 Å². The summed E-state index contributed by atoms with van der Waals surface area (Å²) in [4.78, 5) is 22.0. The summed E-state index contributed by atoms with van der Waals surface area (Å²) in [6.07, 6.45) is 0. The highest BCUT2D eigenvalue weighted by molar-refractivity contribution is 6.00. The fraction of sp³-hybridized carbons (Fsp3) is 0.125. The van der Waals surface area contributed by atoms with Crippen molar-refractivity contribution < 1.29 is 9.72 Å². The molecule has 0 fully saturated rings. The number of benzene rings is 2. The van der Waals surface area contributed by atoms with E-state index >= 15 is 0 Å². The van der Waals surface area contributed by atoms with Crippen molar-refractivity contribution in [1.29, 1.82) is 0 Å². The van der Waals surface area contributed by atoms with Crippen molar-refractivity contribution in [3.8, 4) is 0 Å². The summed E-state index contributed by atoms with van der Waals surface area (Å²) in [5.74, 6) is -0.415. The molecule has 22 heavy (non-hydrogen) atoms. The van der Waals surface area contributed by atoms with Crippen LogP contribution in [-0.2, 0) is 0 Å². The van der Waals surface area contributed by atoms with Crippen LogP contribution in [0.1, 0.15) is 28.4 Å². The molecule has 0 saturated carbocycles. The van der Waals surface area contributed by atoms with E-state index in [0.717, 1.165) is 11.1 Å². The van der Waals surface area contributed by atoms with Crippen molar-refractivity contribution >= 4 is 17.3 Å². The molecule has 0 unspecified atom stereocenters. The van der Waals surface area contributed by atoms with Gasteiger partial charge in [-0.05, 0) is 31.5 Å². The first-order chi connectivity index (χ1) is 10.5. The van der Waals surface area contributed by atoms with Crippen molar-refractivity contribution in [3.63, 3.8) is 0 Å². The van der Waals surface area contributed by atoms with E-state index in [1.165, 1.54) is 24.3 Å². The first-order valence-corrected chi connectivity index (χ1v) is 6.63. The maximum absolute atomic E-state index is 11.9. The summed E-state index contributed by atoms with van der Waals surface area (Å²) in [5, 5.41) is 14.6. The van der Waals surface area contributed by atoms with E-state index in [9.17, 15) is 14.9 Å². The standard InChI is InChI=1S/C16H15N3O3/c1-11-3-5-13(6-4-11)12(2)17-18-16(20)14-7-9-15(10-8-14)19(21)22/h3-10H,1-2H3,(H,18,20). The molecule has 1 N–H and O–H groups in total. The predicted molar refractivity (Wildman–Crippen MR) is 84.0 cm³/mol. The highest BCUT2D eigenvalue weighted by Crippen LogP contribution is 2.11. The van der Waals surface area contributed by atoms with Crippen LogP contribution in [0.15, 0.2) is 53.6 Å². The zero-order valence-corrected chi connectivity index (χ0v) is 12.2. The highest BCUT2D eigenvalue weighted by Gasteiger charge is 2.09. The van der Waals surface area contributed by atoms with Crippen LogP contribution in [0.5, 0.6) is 0 Å². The van der Waals surface area contributed by atoms with Crippen LogP contribution in [0.2, 0.25) is 0 Å². The number of carbonyl (C=O) groups excluding carboxylic acids is 1. The first-order valence-electron chi connectivity index (χ1n) is 6.63. The molecule has 0 saturated heterocycles. The minimum absolute atomic E-state index is 0.0594. The lowest BCUT2D eigenvalue weighted by molar-refractivity contribution is -0.384. The fourth-order valence-electron chi connectivity index (χ4n) is 1.79. The molecule has 0 atom stereocenters. The van der Waals surface area contributed by atoms with Crippen LogP contribution in [-0.4, -0.2) is 16.5 Å². The van der Waals surface area contributed by atoms with Crippen LogP contribution in [0, 0.1) is 17.0 Å². The zero-order chi connectivity index (χ0) is 16.1. The van der Waals surface area contributed by atoms with E-state index in [0.29, 0.717) is 11.3 Å². The van der Waals surface area contributed by atoms with E-state index in [1.807, 2.05) is 31.2 Å². The highest BCUT2D eigenvalue weighted by atomic mass is 16.6. The number of rotatable bonds is 4. The summed E-state index contributed by atoms with van der Waals surface area (Å²) in [6, 6.07) is 13.1. The van der Waals surface area contributed by atoms with Gasteiger partial charge in [-0.15, -0.1) is 0 Å². The molecule has 2 aromatic rings. The van der Waals surface area contributed by atoms with Crippen molar-refractivity contribution in [1.82, 2.24) is 5.43 Å². The summed E-state index contributed by atoms with van der Waals surface area (Å²) in [5.41, 5.74) is 5.42. The van der Waals surface area contributed by atoms with Gasteiger partial charge in [-0.1, -0.05) is 29.8 Å². The quantitative estimate of drug-likeness (QED) is 0.534. The van der Waals surface area contributed by atoms with Gasteiger partial charge in [0, 0.05) is 17.7 Å². The second-order valence-electron chi connectivity index (χ2n) is 4.81. The molecule has 2 rings (SSSR count). The van der Waals surface area contributed by atoms with E-state index in [-0.39, 0.29) is 5.69 Å². The molecule has 0 aliphatic heterocycles. The number of aryl methyl sites for hydroxylation is 1. The molecule has 0 heterocycles. The number of nitro benzene ring substituents is 1. The SMILES string of the molecule is CC(=NNC(=O)c1ccc([N+](=O)[O-])cc1)c1ccc(C)cc1. The Bertz CT molecular complexity index is 719. The summed E-state index contributed by atoms with van der Waals surface area (Å²) < 4.78 is 0. The van der Waals surface area contributed by atoms with Crippen LogP contribution in [0.3, 0.4) is 0 Å². The van der Waals surface area contributed by atoms with Crippen LogP contribution < -0.4 is 5.43 Å². The molecule has 1 amide bonds. The van der Waals surface area contributed by atoms with Gasteiger partial charge in [0.2, 0.25) is 0 Å². The van der Waals surface area contributed by atoms with Crippen LogP contribution >= 0.6 is 0 Å². The van der Waals surface area contributed by atoms with Gasteiger partial charge >= 0.3 is 0 Å². The number of hydrazone groups is 1. The Morgan fingerprint density at radius 1 is 1.05 bits per heavy atom. The Morgan fingerprint density at radius 2 is 1.59 bits per heavy atom. The maximum atomic E-state index is 11.9. The minimum atomic E-state index is -0.513. The smallest absolute Gasteiger partial charge is 0.267 e. The molecule has 0 radical (unpaired) electrons. The molecule has 0 aliphatic carbocycles.